The molecule has 0 aliphatic heterocycles. The van der Waals surface area contributed by atoms with Gasteiger partial charge >= 0.3 is 0 Å². The van der Waals surface area contributed by atoms with E-state index in [0.29, 0.717) is 0 Å². The number of nitrogens with zero attached hydrogens (tertiary/aromatic N) is 2. The molecule has 1 aromatic rings. The molecular formula is C12H21N3. The van der Waals surface area contributed by atoms with Gasteiger partial charge in [-0.05, 0) is 24.8 Å². The fourth-order valence-electron chi connectivity index (χ4n) is 1.60. The van der Waals surface area contributed by atoms with Crippen molar-refractivity contribution in [1.82, 2.24) is 4.98 Å². The summed E-state index contributed by atoms with van der Waals surface area (Å²) in [5, 5.41) is 0. The van der Waals surface area contributed by atoms with Gasteiger partial charge in [-0.1, -0.05) is 13.8 Å². The lowest BCUT2D eigenvalue weighted by Crippen LogP contribution is -2.20. The molecule has 0 unspecified atom stereocenters. The Morgan fingerprint density at radius 3 is 2.80 bits per heavy atom. The molecule has 2 N–H and O–H groups in total. The molecule has 0 amide bonds. The molecule has 0 atom stereocenters. The van der Waals surface area contributed by atoms with Crippen LogP contribution in [0.25, 0.3) is 0 Å². The molecule has 1 heterocycles. The molecule has 0 bridgehead atoms. The van der Waals surface area contributed by atoms with E-state index >= 15 is 0 Å². The van der Waals surface area contributed by atoms with E-state index in [1.165, 1.54) is 12.8 Å². The van der Waals surface area contributed by atoms with Crippen LogP contribution in [0.15, 0.2) is 18.5 Å². The van der Waals surface area contributed by atoms with Gasteiger partial charge in [-0.15, -0.1) is 0 Å². The average Bonchev–Trinajstić information content (AvgIpc) is 2.17. The van der Waals surface area contributed by atoms with E-state index in [1.54, 1.807) is 12.4 Å². The van der Waals surface area contributed by atoms with E-state index in [1.807, 2.05) is 6.07 Å². The number of pyridine rings is 1. The van der Waals surface area contributed by atoms with Crippen molar-refractivity contribution in [3.05, 3.63) is 18.5 Å². The van der Waals surface area contributed by atoms with Gasteiger partial charge < -0.3 is 10.6 Å². The zero-order chi connectivity index (χ0) is 11.3. The highest BCUT2D eigenvalue weighted by Crippen LogP contribution is 2.20. The molecule has 1 rings (SSSR count). The Morgan fingerprint density at radius 1 is 1.47 bits per heavy atom. The summed E-state index contributed by atoms with van der Waals surface area (Å²) in [6.45, 7) is 5.55. The second-order valence-electron chi connectivity index (χ2n) is 4.39. The first-order valence-electron chi connectivity index (χ1n) is 5.52. The van der Waals surface area contributed by atoms with E-state index in [0.717, 1.165) is 23.8 Å². The topological polar surface area (TPSA) is 42.2 Å². The summed E-state index contributed by atoms with van der Waals surface area (Å²) < 4.78 is 0. The minimum atomic E-state index is 0.754. The van der Waals surface area contributed by atoms with Gasteiger partial charge in [0.25, 0.3) is 0 Å². The van der Waals surface area contributed by atoms with Crippen LogP contribution in [0.4, 0.5) is 11.4 Å². The molecule has 0 aliphatic carbocycles. The number of aromatic nitrogens is 1. The predicted octanol–water partition coefficient (Wildman–Crippen LogP) is 2.54. The lowest BCUT2D eigenvalue weighted by atomic mass is 10.1. The van der Waals surface area contributed by atoms with Gasteiger partial charge in [-0.3, -0.25) is 4.98 Å². The minimum absolute atomic E-state index is 0.754. The molecule has 3 heteroatoms. The van der Waals surface area contributed by atoms with Gasteiger partial charge in [-0.2, -0.15) is 0 Å². The normalized spacial score (nSPS) is 10.7. The molecule has 0 fully saturated rings. The number of nitrogen functional groups attached to an aromatic ring is 1. The molecule has 3 nitrogen and oxygen atoms in total. The predicted molar refractivity (Wildman–Crippen MR) is 66.0 cm³/mol. The third-order valence-corrected chi connectivity index (χ3v) is 2.51. The lowest BCUT2D eigenvalue weighted by molar-refractivity contribution is 0.556. The SMILES string of the molecule is CC(C)CCCN(C)c1ccncc1N. The third-order valence-electron chi connectivity index (χ3n) is 2.51. The number of hydrogen-bond acceptors (Lipinski definition) is 3. The highest BCUT2D eigenvalue weighted by atomic mass is 15.1. The van der Waals surface area contributed by atoms with Gasteiger partial charge in [0, 0.05) is 19.8 Å². The maximum absolute atomic E-state index is 5.85. The first-order valence-corrected chi connectivity index (χ1v) is 5.52. The average molecular weight is 207 g/mol. The number of nitrogens with two attached hydrogens (primary N) is 1. The van der Waals surface area contributed by atoms with Gasteiger partial charge in [0.2, 0.25) is 0 Å². The third kappa shape index (κ3) is 3.78. The Labute approximate surface area is 92.3 Å². The van der Waals surface area contributed by atoms with Crippen molar-refractivity contribution < 1.29 is 0 Å². The zero-order valence-electron chi connectivity index (χ0n) is 9.90. The molecule has 0 spiro atoms. The Hall–Kier alpha value is -1.25. The van der Waals surface area contributed by atoms with Crippen molar-refractivity contribution in [3.63, 3.8) is 0 Å². The standard InChI is InChI=1S/C12H21N3/c1-10(2)5-4-8-15(3)12-6-7-14-9-11(12)13/h6-7,9-10H,4-5,8,13H2,1-3H3. The Morgan fingerprint density at radius 2 is 2.20 bits per heavy atom. The van der Waals surface area contributed by atoms with E-state index in [4.69, 9.17) is 5.73 Å². The molecular weight excluding hydrogens is 186 g/mol. The van der Waals surface area contributed by atoms with Crippen molar-refractivity contribution in [2.75, 3.05) is 24.2 Å². The summed E-state index contributed by atoms with van der Waals surface area (Å²) in [6, 6.07) is 1.96. The largest absolute Gasteiger partial charge is 0.396 e. The van der Waals surface area contributed by atoms with Gasteiger partial charge in [0.1, 0.15) is 0 Å². The fraction of sp³-hybridized carbons (Fsp3) is 0.583. The summed E-state index contributed by atoms with van der Waals surface area (Å²) in [5.74, 6) is 0.771. The molecule has 15 heavy (non-hydrogen) atoms. The van der Waals surface area contributed by atoms with Crippen LogP contribution in [0, 0.1) is 5.92 Å². The molecule has 0 aliphatic rings. The van der Waals surface area contributed by atoms with Crippen molar-refractivity contribution in [1.29, 1.82) is 0 Å². The maximum Gasteiger partial charge on any atom is 0.0738 e. The molecule has 84 valence electrons. The van der Waals surface area contributed by atoms with Crippen LogP contribution >= 0.6 is 0 Å². The Kier molecular flexibility index (Phi) is 4.40. The van der Waals surface area contributed by atoms with E-state index < -0.39 is 0 Å². The van der Waals surface area contributed by atoms with Crippen molar-refractivity contribution >= 4 is 11.4 Å². The van der Waals surface area contributed by atoms with Gasteiger partial charge in [-0.25, -0.2) is 0 Å². The van der Waals surface area contributed by atoms with Crippen LogP contribution in [0.5, 0.6) is 0 Å². The summed E-state index contributed by atoms with van der Waals surface area (Å²) >= 11 is 0. The Balaban J connectivity index is 2.47. The van der Waals surface area contributed by atoms with Crippen LogP contribution in [0.2, 0.25) is 0 Å². The number of anilines is 2. The summed E-state index contributed by atoms with van der Waals surface area (Å²) in [5.41, 5.74) is 7.68. The van der Waals surface area contributed by atoms with E-state index in [2.05, 4.69) is 30.8 Å². The Bertz CT molecular complexity index is 297. The summed E-state index contributed by atoms with van der Waals surface area (Å²) in [7, 11) is 2.08. The summed E-state index contributed by atoms with van der Waals surface area (Å²) in [4.78, 5) is 6.18. The molecule has 0 saturated carbocycles. The monoisotopic (exact) mass is 207 g/mol. The fourth-order valence-corrected chi connectivity index (χ4v) is 1.60. The highest BCUT2D eigenvalue weighted by molar-refractivity contribution is 5.65. The minimum Gasteiger partial charge on any atom is -0.396 e. The second kappa shape index (κ2) is 5.59. The highest BCUT2D eigenvalue weighted by Gasteiger charge is 2.04. The first-order chi connectivity index (χ1) is 7.11. The van der Waals surface area contributed by atoms with Crippen molar-refractivity contribution in [3.8, 4) is 0 Å². The number of rotatable bonds is 5. The maximum atomic E-state index is 5.85. The number of hydrogen-bond donors (Lipinski definition) is 1. The van der Waals surface area contributed by atoms with Crippen LogP contribution in [-0.4, -0.2) is 18.6 Å². The van der Waals surface area contributed by atoms with E-state index in [-0.39, 0.29) is 0 Å². The van der Waals surface area contributed by atoms with Crippen molar-refractivity contribution in [2.24, 2.45) is 5.92 Å². The van der Waals surface area contributed by atoms with Crippen LogP contribution < -0.4 is 10.6 Å². The molecule has 1 aromatic heterocycles. The summed E-state index contributed by atoms with van der Waals surface area (Å²) in [6.07, 6.45) is 5.95. The quantitative estimate of drug-likeness (QED) is 0.806. The van der Waals surface area contributed by atoms with Crippen LogP contribution in [-0.2, 0) is 0 Å². The smallest absolute Gasteiger partial charge is 0.0738 e. The molecule has 0 saturated heterocycles. The first kappa shape index (κ1) is 11.8. The zero-order valence-corrected chi connectivity index (χ0v) is 9.90. The van der Waals surface area contributed by atoms with E-state index in [9.17, 15) is 0 Å². The van der Waals surface area contributed by atoms with Crippen molar-refractivity contribution in [2.45, 2.75) is 26.7 Å². The molecule has 0 radical (unpaired) electrons. The molecule has 0 aromatic carbocycles. The van der Waals surface area contributed by atoms with Gasteiger partial charge in [0.15, 0.2) is 0 Å². The van der Waals surface area contributed by atoms with Crippen LogP contribution in [0.1, 0.15) is 26.7 Å². The van der Waals surface area contributed by atoms with Gasteiger partial charge in [0.05, 0.1) is 17.6 Å². The van der Waals surface area contributed by atoms with Crippen LogP contribution in [0.3, 0.4) is 0 Å². The second-order valence-corrected chi connectivity index (χ2v) is 4.39. The lowest BCUT2D eigenvalue weighted by Gasteiger charge is -2.21.